The second-order valence-corrected chi connectivity index (χ2v) is 6.14. The van der Waals surface area contributed by atoms with Crippen molar-refractivity contribution >= 4 is 23.3 Å². The van der Waals surface area contributed by atoms with E-state index in [0.717, 1.165) is 4.90 Å². The summed E-state index contributed by atoms with van der Waals surface area (Å²) >= 11 is 0. The Hall–Kier alpha value is -4.01. The average Bonchev–Trinajstić information content (AvgIpc) is 3.32. The van der Waals surface area contributed by atoms with Crippen LogP contribution in [0.1, 0.15) is 16.2 Å². The molecule has 2 heterocycles. The number of ketones is 1. The number of fused-ring (bicyclic) bond motifs is 1. The maximum Gasteiger partial charge on any atom is 0.326 e. The number of aromatic nitrogens is 2. The minimum absolute atomic E-state index is 0.105. The number of carbonyl (C=O) groups is 3. The van der Waals surface area contributed by atoms with Gasteiger partial charge >= 0.3 is 5.97 Å². The summed E-state index contributed by atoms with van der Waals surface area (Å²) in [6.07, 6.45) is 0. The minimum atomic E-state index is -0.761. The van der Waals surface area contributed by atoms with Crippen molar-refractivity contribution in [1.29, 1.82) is 0 Å². The molecule has 0 bridgehead atoms. The van der Waals surface area contributed by atoms with E-state index in [9.17, 15) is 14.4 Å². The summed E-state index contributed by atoms with van der Waals surface area (Å²) in [6.45, 7) is -0.638. The standard InChI is InChI=1S/C20H15N3O6/c1-27-13-8-6-12(7-9-13)19-21-16(29-22-19)11-28-17(24)10-23-15-5-3-2-4-14(15)18(25)20(23)26/h2-9H,10-11H2,1H3. The van der Waals surface area contributed by atoms with Gasteiger partial charge in [-0.2, -0.15) is 4.98 Å². The van der Waals surface area contributed by atoms with Gasteiger partial charge in [0.15, 0.2) is 6.61 Å². The van der Waals surface area contributed by atoms with Gasteiger partial charge in [0.05, 0.1) is 18.4 Å². The molecule has 9 heteroatoms. The van der Waals surface area contributed by atoms with Crippen molar-refractivity contribution in [1.82, 2.24) is 10.1 Å². The van der Waals surface area contributed by atoms with Crippen molar-refractivity contribution in [2.24, 2.45) is 0 Å². The number of rotatable bonds is 6. The maximum absolute atomic E-state index is 12.2. The van der Waals surface area contributed by atoms with Crippen LogP contribution in [0.25, 0.3) is 11.4 Å². The van der Waals surface area contributed by atoms with E-state index in [0.29, 0.717) is 22.8 Å². The molecule has 1 aliphatic rings. The normalized spacial score (nSPS) is 12.8. The molecule has 1 amide bonds. The number of nitrogens with zero attached hydrogens (tertiary/aromatic N) is 3. The van der Waals surface area contributed by atoms with Gasteiger partial charge in [0.2, 0.25) is 5.82 Å². The van der Waals surface area contributed by atoms with Gasteiger partial charge in [-0.3, -0.25) is 19.3 Å². The van der Waals surface area contributed by atoms with Crippen LogP contribution in [-0.4, -0.2) is 41.5 Å². The molecule has 0 radical (unpaired) electrons. The predicted octanol–water partition coefficient (Wildman–Crippen LogP) is 2.02. The maximum atomic E-state index is 12.2. The number of esters is 1. The molecular weight excluding hydrogens is 378 g/mol. The van der Waals surface area contributed by atoms with Crippen LogP contribution in [0, 0.1) is 0 Å². The lowest BCUT2D eigenvalue weighted by Gasteiger charge is -2.14. The number of Topliss-reactive ketones (excluding diaryl/α,β-unsaturated/α-hetero) is 1. The highest BCUT2D eigenvalue weighted by Crippen LogP contribution is 2.28. The van der Waals surface area contributed by atoms with Crippen LogP contribution in [0.2, 0.25) is 0 Å². The molecule has 0 fully saturated rings. The summed E-state index contributed by atoms with van der Waals surface area (Å²) < 4.78 is 15.3. The number of hydrogen-bond acceptors (Lipinski definition) is 8. The van der Waals surface area contributed by atoms with Gasteiger partial charge in [0, 0.05) is 5.56 Å². The van der Waals surface area contributed by atoms with Crippen molar-refractivity contribution in [2.75, 3.05) is 18.6 Å². The number of para-hydroxylation sites is 1. The Morgan fingerprint density at radius 1 is 1.10 bits per heavy atom. The number of amides is 1. The lowest BCUT2D eigenvalue weighted by Crippen LogP contribution is -2.35. The topological polar surface area (TPSA) is 112 Å². The van der Waals surface area contributed by atoms with Crippen molar-refractivity contribution in [3.05, 3.63) is 60.0 Å². The van der Waals surface area contributed by atoms with Gasteiger partial charge in [-0.05, 0) is 36.4 Å². The van der Waals surface area contributed by atoms with E-state index < -0.39 is 17.7 Å². The average molecular weight is 393 g/mol. The minimum Gasteiger partial charge on any atom is -0.497 e. The molecule has 0 spiro atoms. The first-order valence-electron chi connectivity index (χ1n) is 8.64. The van der Waals surface area contributed by atoms with Crippen molar-refractivity contribution < 1.29 is 28.4 Å². The fraction of sp³-hybridized carbons (Fsp3) is 0.150. The second kappa shape index (κ2) is 7.55. The third-order valence-corrected chi connectivity index (χ3v) is 4.34. The van der Waals surface area contributed by atoms with Gasteiger partial charge in [0.25, 0.3) is 17.6 Å². The Morgan fingerprint density at radius 3 is 2.62 bits per heavy atom. The monoisotopic (exact) mass is 393 g/mol. The third-order valence-electron chi connectivity index (χ3n) is 4.34. The van der Waals surface area contributed by atoms with E-state index in [-0.39, 0.29) is 24.6 Å². The van der Waals surface area contributed by atoms with Crippen LogP contribution in [-0.2, 0) is 20.9 Å². The molecule has 0 aliphatic carbocycles. The fourth-order valence-corrected chi connectivity index (χ4v) is 2.89. The summed E-state index contributed by atoms with van der Waals surface area (Å²) in [5.41, 5.74) is 1.37. The zero-order valence-electron chi connectivity index (χ0n) is 15.3. The number of methoxy groups -OCH3 is 1. The van der Waals surface area contributed by atoms with Gasteiger partial charge in [-0.15, -0.1) is 0 Å². The quantitative estimate of drug-likeness (QED) is 0.462. The molecule has 9 nitrogen and oxygen atoms in total. The summed E-state index contributed by atoms with van der Waals surface area (Å²) in [4.78, 5) is 41.5. The second-order valence-electron chi connectivity index (χ2n) is 6.14. The molecule has 29 heavy (non-hydrogen) atoms. The van der Waals surface area contributed by atoms with Crippen molar-refractivity contribution in [3.63, 3.8) is 0 Å². The summed E-state index contributed by atoms with van der Waals surface area (Å²) in [6, 6.07) is 13.5. The Morgan fingerprint density at radius 2 is 1.86 bits per heavy atom. The summed E-state index contributed by atoms with van der Waals surface area (Å²) in [5.74, 6) is -0.964. The number of carbonyl (C=O) groups excluding carboxylic acids is 3. The molecule has 0 N–H and O–H groups in total. The summed E-state index contributed by atoms with van der Waals surface area (Å²) in [7, 11) is 1.57. The van der Waals surface area contributed by atoms with Gasteiger partial charge in [-0.25, -0.2) is 0 Å². The van der Waals surface area contributed by atoms with Crippen LogP contribution >= 0.6 is 0 Å². The largest absolute Gasteiger partial charge is 0.497 e. The van der Waals surface area contributed by atoms with Crippen LogP contribution in [0.5, 0.6) is 5.75 Å². The molecule has 1 aromatic heterocycles. The van der Waals surface area contributed by atoms with Gasteiger partial charge in [0.1, 0.15) is 12.3 Å². The molecule has 1 aliphatic heterocycles. The molecule has 0 saturated carbocycles. The molecule has 0 saturated heterocycles. The van der Waals surface area contributed by atoms with Gasteiger partial charge in [-0.1, -0.05) is 17.3 Å². The highest BCUT2D eigenvalue weighted by molar-refractivity contribution is 6.52. The molecule has 4 rings (SSSR count). The van der Waals surface area contributed by atoms with E-state index in [1.807, 2.05) is 0 Å². The molecular formula is C20H15N3O6. The highest BCUT2D eigenvalue weighted by Gasteiger charge is 2.36. The van der Waals surface area contributed by atoms with Crippen LogP contribution in [0.15, 0.2) is 53.1 Å². The smallest absolute Gasteiger partial charge is 0.326 e. The Balaban J connectivity index is 1.37. The number of hydrogen-bond donors (Lipinski definition) is 0. The van der Waals surface area contributed by atoms with E-state index in [4.69, 9.17) is 14.0 Å². The zero-order valence-corrected chi connectivity index (χ0v) is 15.3. The van der Waals surface area contributed by atoms with E-state index in [2.05, 4.69) is 10.1 Å². The first-order valence-corrected chi connectivity index (χ1v) is 8.64. The lowest BCUT2D eigenvalue weighted by atomic mass is 10.1. The molecule has 3 aromatic rings. The third kappa shape index (κ3) is 3.57. The van der Waals surface area contributed by atoms with E-state index >= 15 is 0 Å². The predicted molar refractivity (Wildman–Crippen MR) is 99.2 cm³/mol. The lowest BCUT2D eigenvalue weighted by molar-refractivity contribution is -0.144. The molecule has 0 unspecified atom stereocenters. The number of benzene rings is 2. The van der Waals surface area contributed by atoms with E-state index in [1.165, 1.54) is 0 Å². The zero-order chi connectivity index (χ0) is 20.4. The fourth-order valence-electron chi connectivity index (χ4n) is 2.89. The van der Waals surface area contributed by atoms with Crippen molar-refractivity contribution in [2.45, 2.75) is 6.61 Å². The molecule has 2 aromatic carbocycles. The first-order chi connectivity index (χ1) is 14.1. The Bertz CT molecular complexity index is 1090. The number of ether oxygens (including phenoxy) is 2. The molecule has 146 valence electrons. The Labute approximate surface area is 164 Å². The van der Waals surface area contributed by atoms with Crippen LogP contribution in [0.4, 0.5) is 5.69 Å². The SMILES string of the molecule is COc1ccc(-c2noc(COC(=O)CN3C(=O)C(=O)c4ccccc43)n2)cc1. The Kier molecular flexibility index (Phi) is 4.78. The van der Waals surface area contributed by atoms with E-state index in [1.54, 1.807) is 55.6 Å². The first kappa shape index (κ1) is 18.4. The van der Waals surface area contributed by atoms with Gasteiger partial charge < -0.3 is 14.0 Å². The number of anilines is 1. The highest BCUT2D eigenvalue weighted by atomic mass is 16.6. The van der Waals surface area contributed by atoms with Crippen LogP contribution in [0.3, 0.4) is 0 Å². The molecule has 0 atom stereocenters. The summed E-state index contributed by atoms with van der Waals surface area (Å²) in [5, 5.41) is 3.85. The van der Waals surface area contributed by atoms with Crippen molar-refractivity contribution in [3.8, 4) is 17.1 Å². The van der Waals surface area contributed by atoms with Crippen LogP contribution < -0.4 is 9.64 Å².